The molecule has 176 valence electrons. The van der Waals surface area contributed by atoms with Crippen molar-refractivity contribution in [3.63, 3.8) is 0 Å². The average Bonchev–Trinajstić information content (AvgIpc) is 2.90. The molecular weight excluding hydrogens is 446 g/mol. The van der Waals surface area contributed by atoms with Crippen LogP contribution in [0.5, 0.6) is 5.75 Å². The number of piperazine rings is 1. The number of nitrogens with zero attached hydrogens (tertiary/aromatic N) is 5. The molecule has 0 unspecified atom stereocenters. The Bertz CT molecular complexity index is 1290. The van der Waals surface area contributed by atoms with Crippen LogP contribution in [0.3, 0.4) is 0 Å². The Hall–Kier alpha value is -4.71. The van der Waals surface area contributed by atoms with E-state index in [1.165, 1.54) is 18.3 Å². The maximum Gasteiger partial charge on any atom is 0.359 e. The van der Waals surface area contributed by atoms with Crippen molar-refractivity contribution in [2.45, 2.75) is 0 Å². The van der Waals surface area contributed by atoms with Crippen LogP contribution in [-0.2, 0) is 4.74 Å². The van der Waals surface area contributed by atoms with Crippen molar-refractivity contribution in [2.75, 3.05) is 37.7 Å². The van der Waals surface area contributed by atoms with Gasteiger partial charge >= 0.3 is 5.97 Å². The molecule has 0 saturated carbocycles. The first-order valence-electron chi connectivity index (χ1n) is 11.0. The van der Waals surface area contributed by atoms with Gasteiger partial charge in [-0.2, -0.15) is 0 Å². The molecule has 4 rings (SSSR count). The van der Waals surface area contributed by atoms with E-state index in [0.717, 1.165) is 0 Å². The van der Waals surface area contributed by atoms with Gasteiger partial charge in [-0.3, -0.25) is 9.78 Å². The van der Waals surface area contributed by atoms with E-state index in [0.29, 0.717) is 48.7 Å². The number of esters is 1. The van der Waals surface area contributed by atoms with Gasteiger partial charge in [0, 0.05) is 43.5 Å². The number of carbonyl (C=O) groups is 2. The number of aromatic hydroxyl groups is 1. The van der Waals surface area contributed by atoms with Crippen LogP contribution in [0, 0.1) is 11.8 Å². The normalized spacial score (nSPS) is 12.9. The van der Waals surface area contributed by atoms with E-state index in [2.05, 4.69) is 33.6 Å². The quantitative estimate of drug-likeness (QED) is 0.344. The Labute approximate surface area is 202 Å². The first-order chi connectivity index (χ1) is 17.0. The SMILES string of the molecule is C=CCOC(=O)c1ccc(N2CCN(C(=O)c3ccccc3C#Cc3cncc(O)c3)CC2)nn1. The lowest BCUT2D eigenvalue weighted by atomic mass is 10.1. The predicted octanol–water partition coefficient (Wildman–Crippen LogP) is 2.28. The predicted molar refractivity (Wildman–Crippen MR) is 129 cm³/mol. The molecular formula is C26H23N5O4. The number of benzene rings is 1. The second kappa shape index (κ2) is 10.9. The van der Waals surface area contributed by atoms with Gasteiger partial charge < -0.3 is 19.6 Å². The standard InChI is InChI=1S/C26H23N5O4/c1-2-15-35-26(34)23-9-10-24(29-28-23)30-11-13-31(14-12-30)25(33)22-6-4-3-5-20(22)8-7-19-16-21(32)18-27-17-19/h2-6,9-10,16-18,32H,1,11-15H2. The minimum atomic E-state index is -0.554. The molecule has 1 aliphatic heterocycles. The fraction of sp³-hybridized carbons (Fsp3) is 0.192. The topological polar surface area (TPSA) is 109 Å². The third kappa shape index (κ3) is 5.81. The van der Waals surface area contributed by atoms with Gasteiger partial charge in [0.2, 0.25) is 0 Å². The molecule has 2 aromatic heterocycles. The minimum Gasteiger partial charge on any atom is -0.506 e. The van der Waals surface area contributed by atoms with Gasteiger partial charge in [0.1, 0.15) is 12.4 Å². The second-order valence-corrected chi connectivity index (χ2v) is 7.67. The number of hydrogen-bond acceptors (Lipinski definition) is 8. The highest BCUT2D eigenvalue weighted by molar-refractivity contribution is 5.97. The molecule has 0 bridgehead atoms. The molecule has 1 amide bonds. The smallest absolute Gasteiger partial charge is 0.359 e. The number of aromatic nitrogens is 3. The van der Waals surface area contributed by atoms with E-state index >= 15 is 0 Å². The van der Waals surface area contributed by atoms with Gasteiger partial charge in [0.15, 0.2) is 11.5 Å². The molecule has 0 radical (unpaired) electrons. The molecule has 35 heavy (non-hydrogen) atoms. The van der Waals surface area contributed by atoms with Crippen molar-refractivity contribution in [1.82, 2.24) is 20.1 Å². The van der Waals surface area contributed by atoms with Gasteiger partial charge in [0.05, 0.1) is 11.8 Å². The highest BCUT2D eigenvalue weighted by atomic mass is 16.5. The number of carbonyl (C=O) groups excluding carboxylic acids is 2. The van der Waals surface area contributed by atoms with E-state index in [1.807, 2.05) is 17.0 Å². The van der Waals surface area contributed by atoms with E-state index in [9.17, 15) is 14.7 Å². The Morgan fingerprint density at radius 3 is 2.57 bits per heavy atom. The number of ether oxygens (including phenoxy) is 1. The lowest BCUT2D eigenvalue weighted by Gasteiger charge is -2.35. The number of rotatable bonds is 5. The molecule has 3 aromatic rings. The third-order valence-electron chi connectivity index (χ3n) is 5.31. The largest absolute Gasteiger partial charge is 0.506 e. The van der Waals surface area contributed by atoms with Crippen LogP contribution in [0.25, 0.3) is 0 Å². The van der Waals surface area contributed by atoms with Crippen LogP contribution < -0.4 is 4.90 Å². The van der Waals surface area contributed by atoms with Gasteiger partial charge in [-0.1, -0.05) is 36.6 Å². The monoisotopic (exact) mass is 469 g/mol. The number of amides is 1. The summed E-state index contributed by atoms with van der Waals surface area (Å²) in [5, 5.41) is 17.7. The summed E-state index contributed by atoms with van der Waals surface area (Å²) in [7, 11) is 0. The van der Waals surface area contributed by atoms with Crippen LogP contribution in [-0.4, -0.2) is 69.9 Å². The zero-order valence-corrected chi connectivity index (χ0v) is 18.9. The van der Waals surface area contributed by atoms with Crippen LogP contribution in [0.2, 0.25) is 0 Å². The number of hydrogen-bond donors (Lipinski definition) is 1. The Morgan fingerprint density at radius 2 is 1.86 bits per heavy atom. The summed E-state index contributed by atoms with van der Waals surface area (Å²) >= 11 is 0. The maximum atomic E-state index is 13.2. The van der Waals surface area contributed by atoms with E-state index in [1.54, 1.807) is 35.4 Å². The minimum absolute atomic E-state index is 0.0333. The summed E-state index contributed by atoms with van der Waals surface area (Å²) in [6, 6.07) is 12.0. The molecule has 0 atom stereocenters. The summed E-state index contributed by atoms with van der Waals surface area (Å²) in [5.41, 5.74) is 1.81. The number of pyridine rings is 1. The van der Waals surface area contributed by atoms with Gasteiger partial charge in [0.25, 0.3) is 5.91 Å². The highest BCUT2D eigenvalue weighted by Gasteiger charge is 2.24. The van der Waals surface area contributed by atoms with Gasteiger partial charge in [-0.25, -0.2) is 4.79 Å². The van der Waals surface area contributed by atoms with Crippen molar-refractivity contribution in [3.05, 3.63) is 89.9 Å². The van der Waals surface area contributed by atoms with E-state index in [4.69, 9.17) is 4.74 Å². The Balaban J connectivity index is 1.40. The van der Waals surface area contributed by atoms with Crippen molar-refractivity contribution >= 4 is 17.7 Å². The molecule has 1 N–H and O–H groups in total. The lowest BCUT2D eigenvalue weighted by Crippen LogP contribution is -2.49. The molecule has 1 saturated heterocycles. The Kier molecular flexibility index (Phi) is 7.33. The molecule has 1 aliphatic rings. The third-order valence-corrected chi connectivity index (χ3v) is 5.31. The fourth-order valence-corrected chi connectivity index (χ4v) is 3.53. The average molecular weight is 470 g/mol. The summed E-state index contributed by atoms with van der Waals surface area (Å²) < 4.78 is 4.96. The van der Waals surface area contributed by atoms with Crippen molar-refractivity contribution in [2.24, 2.45) is 0 Å². The molecule has 9 heteroatoms. The molecule has 0 aliphatic carbocycles. The first-order valence-corrected chi connectivity index (χ1v) is 11.0. The second-order valence-electron chi connectivity index (χ2n) is 7.67. The van der Waals surface area contributed by atoms with Crippen LogP contribution >= 0.6 is 0 Å². The van der Waals surface area contributed by atoms with Crippen molar-refractivity contribution in [3.8, 4) is 17.6 Å². The van der Waals surface area contributed by atoms with Gasteiger partial charge in [-0.05, 0) is 30.3 Å². The van der Waals surface area contributed by atoms with E-state index < -0.39 is 5.97 Å². The lowest BCUT2D eigenvalue weighted by molar-refractivity contribution is 0.0541. The zero-order valence-electron chi connectivity index (χ0n) is 18.9. The first kappa shape index (κ1) is 23.4. The van der Waals surface area contributed by atoms with Crippen molar-refractivity contribution < 1.29 is 19.4 Å². The Morgan fingerprint density at radius 1 is 1.06 bits per heavy atom. The summed E-state index contributed by atoms with van der Waals surface area (Å²) in [4.78, 5) is 32.8. The molecule has 1 fully saturated rings. The van der Waals surface area contributed by atoms with E-state index in [-0.39, 0.29) is 24.0 Å². The fourth-order valence-electron chi connectivity index (χ4n) is 3.53. The molecule has 9 nitrogen and oxygen atoms in total. The molecule has 3 heterocycles. The zero-order chi connectivity index (χ0) is 24.6. The summed E-state index contributed by atoms with van der Waals surface area (Å²) in [6.07, 6.45) is 4.37. The van der Waals surface area contributed by atoms with Crippen LogP contribution in [0.15, 0.2) is 67.5 Å². The summed E-state index contributed by atoms with van der Waals surface area (Å²) in [6.45, 7) is 5.76. The van der Waals surface area contributed by atoms with Crippen LogP contribution in [0.4, 0.5) is 5.82 Å². The molecule has 1 aromatic carbocycles. The van der Waals surface area contributed by atoms with Crippen LogP contribution in [0.1, 0.15) is 32.0 Å². The van der Waals surface area contributed by atoms with Crippen molar-refractivity contribution in [1.29, 1.82) is 0 Å². The summed E-state index contributed by atoms with van der Waals surface area (Å²) in [5.74, 6) is 5.97. The highest BCUT2D eigenvalue weighted by Crippen LogP contribution is 2.17. The van der Waals surface area contributed by atoms with Gasteiger partial charge in [-0.15, -0.1) is 10.2 Å². The maximum absolute atomic E-state index is 13.2. The number of anilines is 1. The molecule has 0 spiro atoms.